The van der Waals surface area contributed by atoms with Crippen LogP contribution >= 0.6 is 11.3 Å². The number of hydrogen-bond acceptors (Lipinski definition) is 9. The van der Waals surface area contributed by atoms with Gasteiger partial charge in [-0.05, 0) is 31.2 Å². The van der Waals surface area contributed by atoms with Crippen molar-refractivity contribution in [2.75, 3.05) is 57.3 Å². The lowest BCUT2D eigenvalue weighted by atomic mass is 10.1. The summed E-state index contributed by atoms with van der Waals surface area (Å²) in [5.41, 5.74) is 7.10. The van der Waals surface area contributed by atoms with Crippen molar-refractivity contribution in [3.8, 4) is 0 Å². The Kier molecular flexibility index (Phi) is 8.01. The lowest BCUT2D eigenvalue weighted by Gasteiger charge is -2.35. The quantitative estimate of drug-likeness (QED) is 0.376. The van der Waals surface area contributed by atoms with Gasteiger partial charge in [-0.15, -0.1) is 11.3 Å². The number of rotatable bonds is 9. The fourth-order valence-electron chi connectivity index (χ4n) is 3.94. The van der Waals surface area contributed by atoms with E-state index < -0.39 is 0 Å². The van der Waals surface area contributed by atoms with Crippen molar-refractivity contribution in [1.29, 1.82) is 0 Å². The highest BCUT2D eigenvalue weighted by molar-refractivity contribution is 7.21. The molecule has 10 nitrogen and oxygen atoms in total. The van der Waals surface area contributed by atoms with Crippen LogP contribution in [-0.4, -0.2) is 84.8 Å². The zero-order chi connectivity index (χ0) is 24.8. The Morgan fingerprint density at radius 1 is 1.00 bits per heavy atom. The van der Waals surface area contributed by atoms with Gasteiger partial charge in [-0.25, -0.2) is 9.97 Å². The molecule has 0 aliphatic carbocycles. The van der Waals surface area contributed by atoms with Crippen LogP contribution in [0.1, 0.15) is 37.3 Å². The van der Waals surface area contributed by atoms with Gasteiger partial charge in [0.25, 0.3) is 11.8 Å². The van der Waals surface area contributed by atoms with Crippen molar-refractivity contribution < 1.29 is 14.4 Å². The zero-order valence-corrected chi connectivity index (χ0v) is 20.4. The normalized spacial score (nSPS) is 14.2. The molecule has 184 valence electrons. The van der Waals surface area contributed by atoms with Gasteiger partial charge in [-0.1, -0.05) is 6.07 Å². The van der Waals surface area contributed by atoms with E-state index >= 15 is 0 Å². The van der Waals surface area contributed by atoms with Crippen LogP contribution in [0.2, 0.25) is 0 Å². The molecule has 1 aliphatic rings. The third-order valence-electron chi connectivity index (χ3n) is 5.84. The number of aromatic nitrogens is 2. The number of thiophene rings is 1. The Balaban J connectivity index is 1.27. The van der Waals surface area contributed by atoms with E-state index in [4.69, 9.17) is 5.73 Å². The largest absolute Gasteiger partial charge is 0.353 e. The summed E-state index contributed by atoms with van der Waals surface area (Å²) in [6.45, 7) is 6.81. The van der Waals surface area contributed by atoms with Crippen LogP contribution in [0.15, 0.2) is 36.7 Å². The number of carbonyl (C=O) groups excluding carboxylic acids is 3. The van der Waals surface area contributed by atoms with Crippen molar-refractivity contribution in [1.82, 2.24) is 25.5 Å². The molecule has 0 saturated carbocycles. The van der Waals surface area contributed by atoms with Crippen LogP contribution in [0.5, 0.6) is 0 Å². The Morgan fingerprint density at radius 3 is 2.34 bits per heavy atom. The first-order chi connectivity index (χ1) is 17.0. The number of nitrogens with zero attached hydrogens (tertiary/aromatic N) is 4. The summed E-state index contributed by atoms with van der Waals surface area (Å²) in [4.78, 5) is 50.4. The summed E-state index contributed by atoms with van der Waals surface area (Å²) >= 11 is 1.44. The van der Waals surface area contributed by atoms with Crippen molar-refractivity contribution in [2.24, 2.45) is 5.73 Å². The van der Waals surface area contributed by atoms with Gasteiger partial charge in [0.1, 0.15) is 12.1 Å². The van der Waals surface area contributed by atoms with Crippen molar-refractivity contribution in [3.05, 3.63) is 52.7 Å². The molecule has 3 heterocycles. The smallest absolute Gasteiger partial charge is 0.251 e. The van der Waals surface area contributed by atoms with Crippen LogP contribution < -0.4 is 21.3 Å². The minimum atomic E-state index is -0.246. The third-order valence-corrected chi connectivity index (χ3v) is 7.06. The van der Waals surface area contributed by atoms with Gasteiger partial charge in [0.05, 0.1) is 15.1 Å². The predicted molar refractivity (Wildman–Crippen MR) is 136 cm³/mol. The van der Waals surface area contributed by atoms with Gasteiger partial charge >= 0.3 is 0 Å². The molecule has 2 amide bonds. The van der Waals surface area contributed by atoms with Gasteiger partial charge in [0, 0.05) is 63.5 Å². The Morgan fingerprint density at radius 2 is 1.69 bits per heavy atom. The molecule has 0 bridgehead atoms. The number of anilines is 1. The summed E-state index contributed by atoms with van der Waals surface area (Å²) in [6, 6.07) is 8.48. The number of nitrogens with one attached hydrogen (secondary N) is 2. The number of nitrogens with two attached hydrogens (primary N) is 1. The maximum absolute atomic E-state index is 12.6. The van der Waals surface area contributed by atoms with E-state index in [1.807, 2.05) is 6.07 Å². The highest BCUT2D eigenvalue weighted by Gasteiger charge is 2.21. The molecule has 4 rings (SSSR count). The van der Waals surface area contributed by atoms with Gasteiger partial charge in [-0.2, -0.15) is 0 Å². The van der Waals surface area contributed by atoms with Crippen LogP contribution in [0, 0.1) is 0 Å². The molecule has 1 aliphatic heterocycles. The molecule has 1 saturated heterocycles. The lowest BCUT2D eigenvalue weighted by molar-refractivity contribution is 0.0947. The highest BCUT2D eigenvalue weighted by Crippen LogP contribution is 2.31. The van der Waals surface area contributed by atoms with Crippen LogP contribution in [-0.2, 0) is 0 Å². The fourth-order valence-corrected chi connectivity index (χ4v) is 4.97. The van der Waals surface area contributed by atoms with Gasteiger partial charge in [0.2, 0.25) is 0 Å². The zero-order valence-electron chi connectivity index (χ0n) is 19.6. The van der Waals surface area contributed by atoms with Crippen molar-refractivity contribution in [2.45, 2.75) is 6.92 Å². The molecule has 11 heteroatoms. The van der Waals surface area contributed by atoms with Crippen LogP contribution in [0.3, 0.4) is 0 Å². The first-order valence-corrected chi connectivity index (χ1v) is 12.4. The number of fused-ring (bicyclic) bond motifs is 1. The van der Waals surface area contributed by atoms with Gasteiger partial charge in [0.15, 0.2) is 5.78 Å². The summed E-state index contributed by atoms with van der Waals surface area (Å²) in [7, 11) is 0. The molecule has 0 unspecified atom stereocenters. The van der Waals surface area contributed by atoms with E-state index in [9.17, 15) is 14.4 Å². The average molecular weight is 496 g/mol. The molecule has 3 aromatic rings. The molecule has 35 heavy (non-hydrogen) atoms. The minimum absolute atomic E-state index is 0.0346. The molecular weight excluding hydrogens is 466 g/mol. The summed E-state index contributed by atoms with van der Waals surface area (Å²) in [6.07, 6.45) is 1.55. The molecule has 2 aromatic heterocycles. The predicted octanol–water partition coefficient (Wildman–Crippen LogP) is 1.13. The number of piperazine rings is 1. The lowest BCUT2D eigenvalue weighted by Crippen LogP contribution is -2.48. The van der Waals surface area contributed by atoms with E-state index in [-0.39, 0.29) is 17.6 Å². The van der Waals surface area contributed by atoms with Crippen LogP contribution in [0.25, 0.3) is 10.2 Å². The molecule has 0 spiro atoms. The fraction of sp³-hybridized carbons (Fsp3) is 0.375. The first-order valence-electron chi connectivity index (χ1n) is 11.6. The second-order valence-corrected chi connectivity index (χ2v) is 9.34. The maximum Gasteiger partial charge on any atom is 0.251 e. The standard InChI is InChI=1S/C24H29N7O3S/c1-16(32)20-14-19-21(35-20)22(29-15-28-19)31-11-9-30(10-12-31)8-7-27-24(34)18-4-2-3-17(13-18)23(33)26-6-5-25/h2-4,13-15H,5-12,25H2,1H3,(H,26,33)(H,27,34). The molecule has 0 radical (unpaired) electrons. The monoisotopic (exact) mass is 495 g/mol. The summed E-state index contributed by atoms with van der Waals surface area (Å²) < 4.78 is 0.942. The Bertz CT molecular complexity index is 1220. The highest BCUT2D eigenvalue weighted by atomic mass is 32.1. The summed E-state index contributed by atoms with van der Waals surface area (Å²) in [5, 5.41) is 5.64. The SMILES string of the molecule is CC(=O)c1cc2ncnc(N3CCN(CCNC(=O)c4cccc(C(=O)NCCN)c4)CC3)c2s1. The third kappa shape index (κ3) is 5.99. The van der Waals surface area contributed by atoms with E-state index in [0.29, 0.717) is 35.6 Å². The molecule has 0 atom stereocenters. The molecule has 1 fully saturated rings. The van der Waals surface area contributed by atoms with E-state index in [2.05, 4.69) is 30.4 Å². The van der Waals surface area contributed by atoms with Crippen molar-refractivity contribution in [3.63, 3.8) is 0 Å². The van der Waals surface area contributed by atoms with Crippen LogP contribution in [0.4, 0.5) is 5.82 Å². The molecule has 1 aromatic carbocycles. The van der Waals surface area contributed by atoms with E-state index in [0.717, 1.165) is 48.8 Å². The van der Waals surface area contributed by atoms with Crippen molar-refractivity contribution >= 4 is 45.0 Å². The first kappa shape index (κ1) is 24.7. The average Bonchev–Trinajstić information content (AvgIpc) is 3.33. The number of amides is 2. The second kappa shape index (κ2) is 11.3. The number of Topliss-reactive ketones (excluding diaryl/α,β-unsaturated/α-hetero) is 1. The topological polar surface area (TPSA) is 134 Å². The van der Waals surface area contributed by atoms with Gasteiger partial charge in [-0.3, -0.25) is 19.3 Å². The molecular formula is C24H29N7O3S. The molecule has 4 N–H and O–H groups in total. The number of hydrogen-bond donors (Lipinski definition) is 3. The second-order valence-electron chi connectivity index (χ2n) is 8.29. The van der Waals surface area contributed by atoms with E-state index in [1.165, 1.54) is 11.3 Å². The minimum Gasteiger partial charge on any atom is -0.353 e. The van der Waals surface area contributed by atoms with E-state index in [1.54, 1.807) is 37.5 Å². The summed E-state index contributed by atoms with van der Waals surface area (Å²) in [5.74, 6) is 0.451. The Hall–Kier alpha value is -3.41. The maximum atomic E-state index is 12.6. The number of ketones is 1. The number of benzene rings is 1. The van der Waals surface area contributed by atoms with Gasteiger partial charge < -0.3 is 21.3 Å². The number of carbonyl (C=O) groups is 3. The Labute approximate surface area is 207 Å².